The van der Waals surface area contributed by atoms with Crippen LogP contribution in [0.25, 0.3) is 77.9 Å². The molecule has 0 bridgehead atoms. The van der Waals surface area contributed by atoms with Gasteiger partial charge < -0.3 is 0 Å². The van der Waals surface area contributed by atoms with Gasteiger partial charge in [-0.15, -0.1) is 0 Å². The smallest absolute Gasteiger partial charge is 0.00263 e. The Bertz CT molecular complexity index is 2210. The van der Waals surface area contributed by atoms with Crippen molar-refractivity contribution in [2.24, 2.45) is 0 Å². The van der Waals surface area contributed by atoms with E-state index in [9.17, 15) is 0 Å². The first kappa shape index (κ1) is 24.6. The Hall–Kier alpha value is -5.20. The maximum absolute atomic E-state index is 2.40. The zero-order valence-electron chi connectivity index (χ0n) is 23.6. The van der Waals surface area contributed by atoms with Crippen LogP contribution in [-0.4, -0.2) is 0 Å². The van der Waals surface area contributed by atoms with Crippen molar-refractivity contribution in [1.82, 2.24) is 0 Å². The third kappa shape index (κ3) is 3.99. The summed E-state index contributed by atoms with van der Waals surface area (Å²) < 4.78 is 0. The maximum atomic E-state index is 2.40. The summed E-state index contributed by atoms with van der Waals surface area (Å²) in [6.07, 6.45) is 10.2. The molecule has 0 amide bonds. The van der Waals surface area contributed by atoms with Crippen LogP contribution in [0.4, 0.5) is 0 Å². The van der Waals surface area contributed by atoms with Gasteiger partial charge in [0, 0.05) is 0 Å². The van der Waals surface area contributed by atoms with Crippen molar-refractivity contribution in [3.63, 3.8) is 0 Å². The molecule has 0 saturated carbocycles. The molecular weight excluding hydrogens is 504 g/mol. The van der Waals surface area contributed by atoms with E-state index in [0.29, 0.717) is 0 Å². The van der Waals surface area contributed by atoms with Crippen LogP contribution in [-0.2, 0) is 0 Å². The Morgan fingerprint density at radius 1 is 0.429 bits per heavy atom. The molecule has 0 fully saturated rings. The number of allylic oxidation sites excluding steroid dienone is 2. The number of rotatable bonds is 3. The van der Waals surface area contributed by atoms with Crippen LogP contribution in [0, 0.1) is 6.92 Å². The van der Waals surface area contributed by atoms with Crippen LogP contribution >= 0.6 is 0 Å². The lowest BCUT2D eigenvalue weighted by molar-refractivity contribution is 1.44. The molecule has 1 aliphatic carbocycles. The normalized spacial score (nSPS) is 12.6. The van der Waals surface area contributed by atoms with Crippen molar-refractivity contribution in [3.05, 3.63) is 156 Å². The Kier molecular flexibility index (Phi) is 5.86. The molecule has 7 aromatic rings. The van der Waals surface area contributed by atoms with Crippen molar-refractivity contribution in [2.75, 3.05) is 0 Å². The summed E-state index contributed by atoms with van der Waals surface area (Å²) >= 11 is 0. The van der Waals surface area contributed by atoms with Crippen LogP contribution in [0.15, 0.2) is 140 Å². The largest absolute Gasteiger partial charge is 0.0801 e. The van der Waals surface area contributed by atoms with Gasteiger partial charge in [0.1, 0.15) is 0 Å². The van der Waals surface area contributed by atoms with Crippen LogP contribution in [0.3, 0.4) is 0 Å². The summed E-state index contributed by atoms with van der Waals surface area (Å²) in [7, 11) is 0. The van der Waals surface area contributed by atoms with Gasteiger partial charge in [-0.1, -0.05) is 145 Å². The average molecular weight is 535 g/mol. The lowest BCUT2D eigenvalue weighted by atomic mass is 9.83. The van der Waals surface area contributed by atoms with Gasteiger partial charge in [0.05, 0.1) is 0 Å². The molecule has 0 atom stereocenters. The third-order valence-electron chi connectivity index (χ3n) is 8.68. The second-order valence-corrected chi connectivity index (χ2v) is 11.3. The van der Waals surface area contributed by atoms with Crippen molar-refractivity contribution in [2.45, 2.75) is 13.3 Å². The van der Waals surface area contributed by atoms with Crippen molar-refractivity contribution in [1.29, 1.82) is 0 Å². The Morgan fingerprint density at radius 2 is 1.05 bits per heavy atom. The van der Waals surface area contributed by atoms with Gasteiger partial charge >= 0.3 is 0 Å². The van der Waals surface area contributed by atoms with E-state index in [4.69, 9.17) is 0 Å². The second-order valence-electron chi connectivity index (χ2n) is 11.3. The minimum atomic E-state index is 0.932. The average Bonchev–Trinajstić information content (AvgIpc) is 3.29. The zero-order valence-corrected chi connectivity index (χ0v) is 23.6. The van der Waals surface area contributed by atoms with Gasteiger partial charge in [-0.25, -0.2) is 0 Å². The molecular formula is C42H30. The molecule has 0 radical (unpaired) electrons. The van der Waals surface area contributed by atoms with Gasteiger partial charge in [0.2, 0.25) is 0 Å². The molecule has 7 aromatic carbocycles. The van der Waals surface area contributed by atoms with Crippen LogP contribution in [0.1, 0.15) is 23.1 Å². The quantitative estimate of drug-likeness (QED) is 0.198. The summed E-state index contributed by atoms with van der Waals surface area (Å²) in [5, 5.41) is 7.75. The highest BCUT2D eigenvalue weighted by atomic mass is 14.2. The van der Waals surface area contributed by atoms with E-state index in [2.05, 4.69) is 159 Å². The van der Waals surface area contributed by atoms with E-state index < -0.39 is 0 Å². The number of fused-ring (bicyclic) bond motifs is 5. The topological polar surface area (TPSA) is 0 Å². The Labute approximate surface area is 246 Å². The Morgan fingerprint density at radius 3 is 1.81 bits per heavy atom. The fraction of sp³-hybridized carbons (Fsp3) is 0.0476. The second kappa shape index (κ2) is 10.0. The number of hydrogen-bond donors (Lipinski definition) is 0. The SMILES string of the molecule is Cc1ccc2c(c1)c(-c1cccc(-c3c4c(c(-c5ccccc5)c5ccccc35)C=CCC=C4)c1)cc1ccccc12. The van der Waals surface area contributed by atoms with Gasteiger partial charge in [-0.05, 0) is 102 Å². The standard InChI is InChI=1S/C42H30/c1-28-23-24-34-33-18-9-8-15-31(33)27-39(40(34)25-28)30-16-12-17-32(26-30)42-37-20-7-3-6-19-35(37)41(29-13-4-2-5-14-29)36-21-10-11-22-38(36)42/h2,4-27H,3H2,1H3. The monoisotopic (exact) mass is 534 g/mol. The maximum Gasteiger partial charge on any atom is -0.00263 e. The molecule has 0 heteroatoms. The molecule has 1 aliphatic rings. The van der Waals surface area contributed by atoms with E-state index in [1.165, 1.54) is 82.4 Å². The molecule has 0 nitrogen and oxygen atoms in total. The highest BCUT2D eigenvalue weighted by Gasteiger charge is 2.20. The highest BCUT2D eigenvalue weighted by molar-refractivity contribution is 6.15. The lowest BCUT2D eigenvalue weighted by Gasteiger charge is -2.20. The van der Waals surface area contributed by atoms with Crippen LogP contribution in [0.5, 0.6) is 0 Å². The molecule has 8 rings (SSSR count). The number of benzene rings is 7. The highest BCUT2D eigenvalue weighted by Crippen LogP contribution is 2.45. The van der Waals surface area contributed by atoms with E-state index in [1.54, 1.807) is 0 Å². The Balaban J connectivity index is 1.43. The minimum absolute atomic E-state index is 0.932. The molecule has 0 aromatic heterocycles. The van der Waals surface area contributed by atoms with E-state index in [1.807, 2.05) is 0 Å². The predicted molar refractivity (Wildman–Crippen MR) is 183 cm³/mol. The molecule has 0 aliphatic heterocycles. The number of aryl methyl sites for hydroxylation is 1. The van der Waals surface area contributed by atoms with Gasteiger partial charge in [-0.2, -0.15) is 0 Å². The molecule has 0 unspecified atom stereocenters. The molecule has 0 N–H and O–H groups in total. The lowest BCUT2D eigenvalue weighted by Crippen LogP contribution is -1.96. The first-order valence-electron chi connectivity index (χ1n) is 14.8. The fourth-order valence-electron chi connectivity index (χ4n) is 6.80. The van der Waals surface area contributed by atoms with Crippen LogP contribution < -0.4 is 0 Å². The predicted octanol–water partition coefficient (Wildman–Crippen LogP) is 11.9. The molecule has 0 spiro atoms. The summed E-state index contributed by atoms with van der Waals surface area (Å²) in [6.45, 7) is 2.18. The van der Waals surface area contributed by atoms with Crippen molar-refractivity contribution < 1.29 is 0 Å². The minimum Gasteiger partial charge on any atom is -0.0801 e. The summed E-state index contributed by atoms with van der Waals surface area (Å²) in [6, 6.07) is 46.9. The molecule has 42 heavy (non-hydrogen) atoms. The van der Waals surface area contributed by atoms with E-state index in [0.717, 1.165) is 6.42 Å². The van der Waals surface area contributed by atoms with E-state index in [-0.39, 0.29) is 0 Å². The van der Waals surface area contributed by atoms with Gasteiger partial charge in [0.15, 0.2) is 0 Å². The van der Waals surface area contributed by atoms with Gasteiger partial charge in [0.25, 0.3) is 0 Å². The zero-order chi connectivity index (χ0) is 28.0. The van der Waals surface area contributed by atoms with E-state index >= 15 is 0 Å². The first-order chi connectivity index (χ1) is 20.8. The molecule has 0 saturated heterocycles. The van der Waals surface area contributed by atoms with Crippen LogP contribution in [0.2, 0.25) is 0 Å². The summed E-state index contributed by atoms with van der Waals surface area (Å²) in [4.78, 5) is 0. The fourth-order valence-corrected chi connectivity index (χ4v) is 6.80. The molecule has 198 valence electrons. The first-order valence-corrected chi connectivity index (χ1v) is 14.8. The van der Waals surface area contributed by atoms with Crippen molar-refractivity contribution in [3.8, 4) is 33.4 Å². The summed E-state index contributed by atoms with van der Waals surface area (Å²) in [5.41, 5.74) is 11.5. The third-order valence-corrected chi connectivity index (χ3v) is 8.68. The molecule has 0 heterocycles. The van der Waals surface area contributed by atoms with Crippen molar-refractivity contribution >= 4 is 44.5 Å². The van der Waals surface area contributed by atoms with Gasteiger partial charge in [-0.3, -0.25) is 0 Å². The number of hydrogen-bond acceptors (Lipinski definition) is 0. The summed E-state index contributed by atoms with van der Waals surface area (Å²) in [5.74, 6) is 0.